The number of nitrogens with one attached hydrogen (secondary N) is 1. The molecule has 8 heteroatoms. The SMILES string of the molecule is O=C(NCc1ccsc1)N1CCO[C@H](c2ccnc(N3CCCC3)n2)C1. The van der Waals surface area contributed by atoms with Crippen LogP contribution in [0.15, 0.2) is 29.1 Å². The first kappa shape index (κ1) is 17.2. The number of amides is 2. The maximum Gasteiger partial charge on any atom is 0.317 e. The first-order chi connectivity index (χ1) is 12.8. The molecule has 4 rings (SSSR count). The molecule has 2 saturated heterocycles. The summed E-state index contributed by atoms with van der Waals surface area (Å²) < 4.78 is 5.88. The van der Waals surface area contributed by atoms with Gasteiger partial charge in [-0.2, -0.15) is 11.3 Å². The molecule has 0 radical (unpaired) electrons. The van der Waals surface area contributed by atoms with Gasteiger partial charge in [0.15, 0.2) is 0 Å². The van der Waals surface area contributed by atoms with Gasteiger partial charge < -0.3 is 19.9 Å². The quantitative estimate of drug-likeness (QED) is 0.891. The minimum absolute atomic E-state index is 0.0571. The summed E-state index contributed by atoms with van der Waals surface area (Å²) >= 11 is 1.63. The Labute approximate surface area is 157 Å². The maximum absolute atomic E-state index is 12.5. The molecule has 2 aromatic heterocycles. The summed E-state index contributed by atoms with van der Waals surface area (Å²) in [6.45, 7) is 4.18. The molecule has 0 aliphatic carbocycles. The summed E-state index contributed by atoms with van der Waals surface area (Å²) in [5.41, 5.74) is 1.97. The van der Waals surface area contributed by atoms with Gasteiger partial charge in [0.2, 0.25) is 5.95 Å². The van der Waals surface area contributed by atoms with E-state index in [9.17, 15) is 4.79 Å². The Hall–Kier alpha value is -2.19. The summed E-state index contributed by atoms with van der Waals surface area (Å²) in [7, 11) is 0. The predicted molar refractivity (Wildman–Crippen MR) is 100 cm³/mol. The lowest BCUT2D eigenvalue weighted by atomic mass is 10.2. The molecule has 26 heavy (non-hydrogen) atoms. The molecule has 0 bridgehead atoms. The fourth-order valence-corrected chi connectivity index (χ4v) is 3.97. The number of thiophene rings is 1. The first-order valence-corrected chi connectivity index (χ1v) is 9.97. The van der Waals surface area contributed by atoms with E-state index in [1.165, 1.54) is 12.8 Å². The van der Waals surface area contributed by atoms with Crippen molar-refractivity contribution in [1.82, 2.24) is 20.2 Å². The number of urea groups is 1. The van der Waals surface area contributed by atoms with Crippen LogP contribution >= 0.6 is 11.3 Å². The average molecular weight is 373 g/mol. The topological polar surface area (TPSA) is 70.6 Å². The molecule has 0 saturated carbocycles. The lowest BCUT2D eigenvalue weighted by Crippen LogP contribution is -2.47. The zero-order valence-corrected chi connectivity index (χ0v) is 15.5. The molecule has 2 fully saturated rings. The minimum Gasteiger partial charge on any atom is -0.368 e. The molecule has 7 nitrogen and oxygen atoms in total. The van der Waals surface area contributed by atoms with Crippen LogP contribution < -0.4 is 10.2 Å². The number of hydrogen-bond donors (Lipinski definition) is 1. The van der Waals surface area contributed by atoms with Gasteiger partial charge in [0.1, 0.15) is 6.10 Å². The molecule has 2 aromatic rings. The normalized spacial score (nSPS) is 20.4. The fourth-order valence-electron chi connectivity index (χ4n) is 3.31. The van der Waals surface area contributed by atoms with Crippen LogP contribution in [0.3, 0.4) is 0 Å². The third-order valence-corrected chi connectivity index (χ3v) is 5.49. The summed E-state index contributed by atoms with van der Waals surface area (Å²) in [6.07, 6.45) is 3.95. The Morgan fingerprint density at radius 1 is 1.31 bits per heavy atom. The Balaban J connectivity index is 1.38. The highest BCUT2D eigenvalue weighted by Crippen LogP contribution is 2.23. The molecule has 0 aromatic carbocycles. The van der Waals surface area contributed by atoms with Crippen molar-refractivity contribution in [2.45, 2.75) is 25.5 Å². The molecule has 0 spiro atoms. The highest BCUT2D eigenvalue weighted by molar-refractivity contribution is 7.07. The van der Waals surface area contributed by atoms with E-state index >= 15 is 0 Å². The number of aromatic nitrogens is 2. The van der Waals surface area contributed by atoms with Crippen molar-refractivity contribution >= 4 is 23.3 Å². The summed E-state index contributed by atoms with van der Waals surface area (Å²) in [4.78, 5) is 25.6. The van der Waals surface area contributed by atoms with Gasteiger partial charge in [-0.3, -0.25) is 0 Å². The van der Waals surface area contributed by atoms with Crippen LogP contribution in [0, 0.1) is 0 Å². The van der Waals surface area contributed by atoms with Gasteiger partial charge in [-0.05, 0) is 41.3 Å². The number of rotatable bonds is 4. The van der Waals surface area contributed by atoms with Crippen molar-refractivity contribution in [3.63, 3.8) is 0 Å². The second-order valence-electron chi connectivity index (χ2n) is 6.57. The zero-order valence-electron chi connectivity index (χ0n) is 14.6. The van der Waals surface area contributed by atoms with E-state index in [4.69, 9.17) is 9.72 Å². The van der Waals surface area contributed by atoms with Gasteiger partial charge in [0.25, 0.3) is 0 Å². The van der Waals surface area contributed by atoms with E-state index in [1.54, 1.807) is 22.4 Å². The van der Waals surface area contributed by atoms with Crippen molar-refractivity contribution in [2.24, 2.45) is 0 Å². The molecule has 4 heterocycles. The summed E-state index contributed by atoms with van der Waals surface area (Å²) in [5, 5.41) is 7.04. The molecule has 0 unspecified atom stereocenters. The molecular weight excluding hydrogens is 350 g/mol. The van der Waals surface area contributed by atoms with E-state index in [-0.39, 0.29) is 12.1 Å². The molecule has 1 N–H and O–H groups in total. The number of carbonyl (C=O) groups excluding carboxylic acids is 1. The van der Waals surface area contributed by atoms with Gasteiger partial charge in [0, 0.05) is 32.4 Å². The van der Waals surface area contributed by atoms with Crippen LogP contribution in [0.4, 0.5) is 10.7 Å². The van der Waals surface area contributed by atoms with Crippen molar-refractivity contribution in [1.29, 1.82) is 0 Å². The molecule has 1 atom stereocenters. The van der Waals surface area contributed by atoms with E-state index in [0.717, 1.165) is 30.3 Å². The summed E-state index contributed by atoms with van der Waals surface area (Å²) in [5.74, 6) is 0.766. The fraction of sp³-hybridized carbons (Fsp3) is 0.500. The van der Waals surface area contributed by atoms with Gasteiger partial charge in [-0.1, -0.05) is 0 Å². The number of morpholine rings is 1. The van der Waals surface area contributed by atoms with E-state index in [2.05, 4.69) is 15.2 Å². The van der Waals surface area contributed by atoms with Crippen LogP contribution in [0.2, 0.25) is 0 Å². The van der Waals surface area contributed by atoms with Crippen molar-refractivity contribution in [3.8, 4) is 0 Å². The van der Waals surface area contributed by atoms with Crippen LogP contribution in [-0.2, 0) is 11.3 Å². The van der Waals surface area contributed by atoms with Gasteiger partial charge in [-0.15, -0.1) is 0 Å². The lowest BCUT2D eigenvalue weighted by Gasteiger charge is -2.32. The van der Waals surface area contributed by atoms with Gasteiger partial charge >= 0.3 is 6.03 Å². The third kappa shape index (κ3) is 3.96. The Kier molecular flexibility index (Phi) is 5.31. The zero-order chi connectivity index (χ0) is 17.8. The minimum atomic E-state index is -0.208. The lowest BCUT2D eigenvalue weighted by molar-refractivity contribution is -0.0176. The van der Waals surface area contributed by atoms with E-state index < -0.39 is 0 Å². The monoisotopic (exact) mass is 373 g/mol. The van der Waals surface area contributed by atoms with Gasteiger partial charge in [0.05, 0.1) is 18.8 Å². The maximum atomic E-state index is 12.5. The Bertz CT molecular complexity index is 733. The van der Waals surface area contributed by atoms with Gasteiger partial charge in [-0.25, -0.2) is 14.8 Å². The Morgan fingerprint density at radius 2 is 2.19 bits per heavy atom. The van der Waals surface area contributed by atoms with Crippen molar-refractivity contribution in [2.75, 3.05) is 37.7 Å². The molecule has 2 aliphatic rings. The highest BCUT2D eigenvalue weighted by Gasteiger charge is 2.27. The van der Waals surface area contributed by atoms with E-state index in [0.29, 0.717) is 26.2 Å². The number of hydrogen-bond acceptors (Lipinski definition) is 6. The highest BCUT2D eigenvalue weighted by atomic mass is 32.1. The van der Waals surface area contributed by atoms with E-state index in [1.807, 2.05) is 22.9 Å². The van der Waals surface area contributed by atoms with Crippen molar-refractivity contribution in [3.05, 3.63) is 40.3 Å². The molecule has 2 aliphatic heterocycles. The second kappa shape index (κ2) is 8.01. The molecular formula is C18H23N5O2S. The average Bonchev–Trinajstić information content (AvgIpc) is 3.40. The Morgan fingerprint density at radius 3 is 3.00 bits per heavy atom. The molecule has 138 valence electrons. The largest absolute Gasteiger partial charge is 0.368 e. The number of nitrogens with zero attached hydrogens (tertiary/aromatic N) is 4. The smallest absolute Gasteiger partial charge is 0.317 e. The first-order valence-electron chi connectivity index (χ1n) is 9.03. The van der Waals surface area contributed by atoms with Crippen molar-refractivity contribution < 1.29 is 9.53 Å². The second-order valence-corrected chi connectivity index (χ2v) is 7.35. The number of anilines is 1. The number of carbonyl (C=O) groups is 1. The molecule has 2 amide bonds. The third-order valence-electron chi connectivity index (χ3n) is 4.76. The summed E-state index contributed by atoms with van der Waals surface area (Å²) in [6, 6.07) is 3.85. The number of ether oxygens (including phenoxy) is 1. The standard InChI is InChI=1S/C18H23N5O2S/c24-18(20-11-14-4-10-26-13-14)23-8-9-25-16(12-23)15-3-5-19-17(21-15)22-6-1-2-7-22/h3-5,10,13,16H,1-2,6-9,11-12H2,(H,20,24)/t16-/m0/s1. The van der Waals surface area contributed by atoms with Crippen LogP contribution in [0.25, 0.3) is 0 Å². The van der Waals surface area contributed by atoms with Crippen LogP contribution in [-0.4, -0.2) is 53.7 Å². The van der Waals surface area contributed by atoms with Crippen LogP contribution in [0.5, 0.6) is 0 Å². The van der Waals surface area contributed by atoms with Crippen LogP contribution in [0.1, 0.15) is 30.2 Å². The predicted octanol–water partition coefficient (Wildman–Crippen LogP) is 2.42.